The number of aliphatic hydroxyl groups excluding tert-OH is 1. The van der Waals surface area contributed by atoms with Crippen LogP contribution in [0.5, 0.6) is 0 Å². The van der Waals surface area contributed by atoms with Gasteiger partial charge >= 0.3 is 0 Å². The molecule has 1 aromatic heterocycles. The number of anilines is 1. The Kier molecular flexibility index (Phi) is 5.41. The molecule has 1 heterocycles. The number of hydrogen-bond donors (Lipinski definition) is 3. The van der Waals surface area contributed by atoms with Gasteiger partial charge in [0.25, 0.3) is 0 Å². The van der Waals surface area contributed by atoms with Crippen LogP contribution in [0.25, 0.3) is 0 Å². The second-order valence-corrected chi connectivity index (χ2v) is 5.40. The van der Waals surface area contributed by atoms with Gasteiger partial charge in [0, 0.05) is 19.7 Å². The molecule has 0 radical (unpaired) electrons. The van der Waals surface area contributed by atoms with Crippen LogP contribution in [0.3, 0.4) is 0 Å². The van der Waals surface area contributed by atoms with Crippen molar-refractivity contribution in [1.29, 1.82) is 0 Å². The first kappa shape index (κ1) is 14.8. The lowest BCUT2D eigenvalue weighted by Gasteiger charge is -2.19. The number of aromatic nitrogens is 2. The van der Waals surface area contributed by atoms with Crippen LogP contribution < -0.4 is 11.3 Å². The van der Waals surface area contributed by atoms with Crippen LogP contribution in [-0.4, -0.2) is 47.5 Å². The highest BCUT2D eigenvalue weighted by atomic mass is 32.2. The largest absolute Gasteiger partial charge is 0.396 e. The van der Waals surface area contributed by atoms with Gasteiger partial charge in [-0.15, -0.1) is 0 Å². The molecule has 102 valence electrons. The van der Waals surface area contributed by atoms with Crippen molar-refractivity contribution >= 4 is 16.0 Å². The quantitative estimate of drug-likeness (QED) is 0.438. The molecule has 0 saturated heterocycles. The number of nitrogens with zero attached hydrogens (tertiary/aromatic N) is 3. The molecule has 0 spiro atoms. The first-order chi connectivity index (χ1) is 8.56. The highest BCUT2D eigenvalue weighted by molar-refractivity contribution is 7.89. The van der Waals surface area contributed by atoms with Crippen LogP contribution in [0, 0.1) is 0 Å². The van der Waals surface area contributed by atoms with Gasteiger partial charge in [0.2, 0.25) is 16.0 Å². The molecule has 0 unspecified atom stereocenters. The predicted molar refractivity (Wildman–Crippen MR) is 66.0 cm³/mol. The number of sulfonamides is 1. The number of nitrogen functional groups attached to an aromatic ring is 1. The minimum atomic E-state index is -3.62. The van der Waals surface area contributed by atoms with E-state index in [9.17, 15) is 8.42 Å². The summed E-state index contributed by atoms with van der Waals surface area (Å²) in [5.74, 6) is 5.24. The third-order valence-corrected chi connectivity index (χ3v) is 4.24. The van der Waals surface area contributed by atoms with Crippen molar-refractivity contribution in [1.82, 2.24) is 14.3 Å². The third kappa shape index (κ3) is 3.35. The summed E-state index contributed by atoms with van der Waals surface area (Å²) in [6.07, 6.45) is 2.77. The molecule has 9 heteroatoms. The zero-order valence-electron chi connectivity index (χ0n) is 10.1. The number of nitrogens with two attached hydrogens (primary N) is 1. The van der Waals surface area contributed by atoms with Crippen molar-refractivity contribution in [2.75, 3.05) is 25.1 Å². The second kappa shape index (κ2) is 6.59. The number of rotatable bonds is 7. The number of hydrogen-bond acceptors (Lipinski definition) is 7. The topological polar surface area (TPSA) is 121 Å². The standard InChI is InChI=1S/C9H17N5O3S/c1-2-14(4-3-5-15)18(16,17)8-6-11-9(13-10)12-7-8/h6-7,15H,2-5,10H2,1H3,(H,11,12,13). The lowest BCUT2D eigenvalue weighted by atomic mass is 10.4. The van der Waals surface area contributed by atoms with E-state index in [0.29, 0.717) is 13.0 Å². The third-order valence-electron chi connectivity index (χ3n) is 2.31. The van der Waals surface area contributed by atoms with Crippen LogP contribution in [0.4, 0.5) is 5.95 Å². The number of aliphatic hydroxyl groups is 1. The van der Waals surface area contributed by atoms with E-state index in [0.717, 1.165) is 0 Å². The van der Waals surface area contributed by atoms with Gasteiger partial charge < -0.3 is 5.11 Å². The number of nitrogens with one attached hydrogen (secondary N) is 1. The van der Waals surface area contributed by atoms with E-state index in [1.54, 1.807) is 6.92 Å². The predicted octanol–water partition coefficient (Wildman–Crippen LogP) is -0.845. The van der Waals surface area contributed by atoms with Crippen molar-refractivity contribution in [2.24, 2.45) is 5.84 Å². The van der Waals surface area contributed by atoms with E-state index in [2.05, 4.69) is 15.4 Å². The van der Waals surface area contributed by atoms with E-state index in [1.165, 1.54) is 16.7 Å². The van der Waals surface area contributed by atoms with Crippen LogP contribution in [0.15, 0.2) is 17.3 Å². The smallest absolute Gasteiger partial charge is 0.246 e. The number of hydrazine groups is 1. The maximum atomic E-state index is 12.2. The molecular formula is C9H17N5O3S. The van der Waals surface area contributed by atoms with Crippen LogP contribution >= 0.6 is 0 Å². The van der Waals surface area contributed by atoms with Gasteiger partial charge in [-0.05, 0) is 6.42 Å². The Hall–Kier alpha value is -1.29. The van der Waals surface area contributed by atoms with Crippen molar-refractivity contribution < 1.29 is 13.5 Å². The highest BCUT2D eigenvalue weighted by Crippen LogP contribution is 2.14. The summed E-state index contributed by atoms with van der Waals surface area (Å²) in [6, 6.07) is 0. The summed E-state index contributed by atoms with van der Waals surface area (Å²) >= 11 is 0. The molecule has 1 aromatic rings. The first-order valence-electron chi connectivity index (χ1n) is 5.46. The Morgan fingerprint density at radius 2 is 2.06 bits per heavy atom. The Balaban J connectivity index is 2.95. The van der Waals surface area contributed by atoms with Crippen LogP contribution in [0.2, 0.25) is 0 Å². The van der Waals surface area contributed by atoms with Gasteiger partial charge in [-0.1, -0.05) is 6.92 Å². The fourth-order valence-corrected chi connectivity index (χ4v) is 2.75. The Bertz CT molecular complexity index is 462. The summed E-state index contributed by atoms with van der Waals surface area (Å²) in [5.41, 5.74) is 2.22. The minimum absolute atomic E-state index is 0.00119. The monoisotopic (exact) mass is 275 g/mol. The molecule has 0 atom stereocenters. The Labute approximate surface area is 106 Å². The molecule has 0 aliphatic rings. The van der Waals surface area contributed by atoms with E-state index in [-0.39, 0.29) is 24.0 Å². The Morgan fingerprint density at radius 1 is 1.44 bits per heavy atom. The molecule has 0 amide bonds. The van der Waals surface area contributed by atoms with Gasteiger partial charge in [-0.2, -0.15) is 4.31 Å². The van der Waals surface area contributed by atoms with Gasteiger partial charge in [0.05, 0.1) is 12.4 Å². The second-order valence-electron chi connectivity index (χ2n) is 3.46. The summed E-state index contributed by atoms with van der Waals surface area (Å²) in [7, 11) is -3.62. The van der Waals surface area contributed by atoms with Crippen molar-refractivity contribution in [3.63, 3.8) is 0 Å². The summed E-state index contributed by atoms with van der Waals surface area (Å²) in [4.78, 5) is 7.52. The summed E-state index contributed by atoms with van der Waals surface area (Å²) < 4.78 is 25.6. The van der Waals surface area contributed by atoms with Crippen molar-refractivity contribution in [3.05, 3.63) is 12.4 Å². The fourth-order valence-electron chi connectivity index (χ4n) is 1.37. The Morgan fingerprint density at radius 3 is 2.50 bits per heavy atom. The van der Waals surface area contributed by atoms with E-state index in [1.807, 2.05) is 0 Å². The van der Waals surface area contributed by atoms with Crippen LogP contribution in [0.1, 0.15) is 13.3 Å². The minimum Gasteiger partial charge on any atom is -0.396 e. The van der Waals surface area contributed by atoms with Gasteiger partial charge in [-0.3, -0.25) is 5.43 Å². The highest BCUT2D eigenvalue weighted by Gasteiger charge is 2.23. The van der Waals surface area contributed by atoms with Gasteiger partial charge in [0.15, 0.2) is 0 Å². The molecule has 0 fully saturated rings. The fraction of sp³-hybridized carbons (Fsp3) is 0.556. The first-order valence-corrected chi connectivity index (χ1v) is 6.90. The van der Waals surface area contributed by atoms with Crippen molar-refractivity contribution in [2.45, 2.75) is 18.2 Å². The van der Waals surface area contributed by atoms with E-state index < -0.39 is 10.0 Å². The lowest BCUT2D eigenvalue weighted by Crippen LogP contribution is -2.32. The molecule has 0 aliphatic carbocycles. The molecular weight excluding hydrogens is 258 g/mol. The van der Waals surface area contributed by atoms with E-state index >= 15 is 0 Å². The normalized spacial score (nSPS) is 11.8. The maximum Gasteiger partial charge on any atom is 0.246 e. The van der Waals surface area contributed by atoms with Gasteiger partial charge in [-0.25, -0.2) is 24.2 Å². The molecule has 0 bridgehead atoms. The summed E-state index contributed by atoms with van der Waals surface area (Å²) in [6.45, 7) is 2.25. The molecule has 0 aliphatic heterocycles. The molecule has 18 heavy (non-hydrogen) atoms. The SMILES string of the molecule is CCN(CCCO)S(=O)(=O)c1cnc(NN)nc1. The molecule has 4 N–H and O–H groups in total. The maximum absolute atomic E-state index is 12.2. The zero-order chi connectivity index (χ0) is 13.6. The lowest BCUT2D eigenvalue weighted by molar-refractivity contribution is 0.271. The average molecular weight is 275 g/mol. The van der Waals surface area contributed by atoms with Crippen LogP contribution in [-0.2, 0) is 10.0 Å². The summed E-state index contributed by atoms with van der Waals surface area (Å²) in [5, 5.41) is 8.75. The van der Waals surface area contributed by atoms with E-state index in [4.69, 9.17) is 10.9 Å². The molecule has 8 nitrogen and oxygen atoms in total. The molecule has 1 rings (SSSR count). The average Bonchev–Trinajstić information content (AvgIpc) is 2.39. The molecule has 0 aromatic carbocycles. The van der Waals surface area contributed by atoms with Gasteiger partial charge in [0.1, 0.15) is 4.90 Å². The van der Waals surface area contributed by atoms with Crippen molar-refractivity contribution in [3.8, 4) is 0 Å². The molecule has 0 saturated carbocycles. The zero-order valence-corrected chi connectivity index (χ0v) is 10.9.